The predicted octanol–water partition coefficient (Wildman–Crippen LogP) is 3.67. The molecule has 0 aliphatic carbocycles. The van der Waals surface area contributed by atoms with Crippen LogP contribution in [0.4, 0.5) is 10.5 Å². The van der Waals surface area contributed by atoms with Crippen molar-refractivity contribution < 1.29 is 4.79 Å². The Hall–Kier alpha value is -1.49. The van der Waals surface area contributed by atoms with Crippen LogP contribution >= 0.6 is 11.8 Å². The van der Waals surface area contributed by atoms with Crippen molar-refractivity contribution in [2.75, 3.05) is 18.4 Å². The van der Waals surface area contributed by atoms with Gasteiger partial charge in [-0.05, 0) is 18.1 Å². The van der Waals surface area contributed by atoms with E-state index in [1.54, 1.807) is 16.7 Å². The molecule has 5 heteroatoms. The van der Waals surface area contributed by atoms with Crippen molar-refractivity contribution in [1.82, 2.24) is 4.90 Å². The van der Waals surface area contributed by atoms with Crippen LogP contribution in [0.2, 0.25) is 0 Å². The maximum atomic E-state index is 12.5. The number of carbonyl (C=O) groups excluding carboxylic acids is 1. The van der Waals surface area contributed by atoms with Gasteiger partial charge in [0.05, 0.1) is 6.54 Å². The summed E-state index contributed by atoms with van der Waals surface area (Å²) in [5, 5.41) is 4.21. The van der Waals surface area contributed by atoms with E-state index in [1.807, 2.05) is 30.3 Å². The van der Waals surface area contributed by atoms with E-state index < -0.39 is 0 Å². The lowest BCUT2D eigenvalue weighted by atomic mass is 10.2. The summed E-state index contributed by atoms with van der Waals surface area (Å²) >= 11 is 1.67. The molecule has 0 aromatic heterocycles. The number of aliphatic imine (C=N–C) groups is 1. The number of carbonyl (C=O) groups is 1. The molecule has 2 rings (SSSR count). The first-order valence-corrected chi connectivity index (χ1v) is 7.79. The summed E-state index contributed by atoms with van der Waals surface area (Å²) in [5.74, 6) is 0.399. The lowest BCUT2D eigenvalue weighted by Gasteiger charge is -2.24. The van der Waals surface area contributed by atoms with Crippen LogP contribution in [0.15, 0.2) is 35.3 Å². The van der Waals surface area contributed by atoms with Crippen molar-refractivity contribution in [3.05, 3.63) is 30.3 Å². The average molecular weight is 291 g/mol. The summed E-state index contributed by atoms with van der Waals surface area (Å²) in [6, 6.07) is 9.42. The predicted molar refractivity (Wildman–Crippen MR) is 86.4 cm³/mol. The molecule has 0 spiro atoms. The van der Waals surface area contributed by atoms with Crippen molar-refractivity contribution in [1.29, 1.82) is 0 Å². The van der Waals surface area contributed by atoms with Gasteiger partial charge < -0.3 is 5.32 Å². The summed E-state index contributed by atoms with van der Waals surface area (Å²) in [5.41, 5.74) is 0.808. The Bertz CT molecular complexity index is 487. The fourth-order valence-electron chi connectivity index (χ4n) is 1.94. The largest absolute Gasteiger partial charge is 0.327 e. The number of nitrogens with one attached hydrogen (secondary N) is 1. The van der Waals surface area contributed by atoms with Crippen LogP contribution in [0.5, 0.6) is 0 Å². The number of amides is 2. The monoisotopic (exact) mass is 291 g/mol. The minimum absolute atomic E-state index is 0.106. The smallest absolute Gasteiger partial charge is 0.307 e. The summed E-state index contributed by atoms with van der Waals surface area (Å²) in [4.78, 5) is 18.7. The number of hydrogen-bond acceptors (Lipinski definition) is 3. The fourth-order valence-corrected chi connectivity index (χ4v) is 2.88. The van der Waals surface area contributed by atoms with Gasteiger partial charge in [0.15, 0.2) is 5.17 Å². The highest BCUT2D eigenvalue weighted by Crippen LogP contribution is 2.24. The zero-order valence-electron chi connectivity index (χ0n) is 12.2. The molecule has 1 atom stereocenters. The second-order valence-corrected chi connectivity index (χ2v) is 6.76. The van der Waals surface area contributed by atoms with Crippen LogP contribution < -0.4 is 5.32 Å². The van der Waals surface area contributed by atoms with Gasteiger partial charge in [0.2, 0.25) is 0 Å². The minimum atomic E-state index is -0.106. The van der Waals surface area contributed by atoms with Crippen LogP contribution in [0.1, 0.15) is 20.8 Å². The summed E-state index contributed by atoms with van der Waals surface area (Å²) in [6.07, 6.45) is 0. The van der Waals surface area contributed by atoms with Gasteiger partial charge in [0.25, 0.3) is 0 Å². The number of thioether (sulfide) groups is 1. The van der Waals surface area contributed by atoms with Gasteiger partial charge in [0, 0.05) is 17.5 Å². The molecule has 2 amide bonds. The lowest BCUT2D eigenvalue weighted by molar-refractivity contribution is 0.230. The molecule has 1 N–H and O–H groups in total. The molecule has 0 bridgehead atoms. The fraction of sp³-hybridized carbons (Fsp3) is 0.467. The number of nitrogens with zero attached hydrogens (tertiary/aromatic N) is 2. The van der Waals surface area contributed by atoms with Gasteiger partial charge >= 0.3 is 6.03 Å². The molecule has 0 saturated carbocycles. The molecule has 1 aromatic carbocycles. The minimum Gasteiger partial charge on any atom is -0.307 e. The second-order valence-electron chi connectivity index (χ2n) is 5.35. The molecule has 1 aliphatic rings. The van der Waals surface area contributed by atoms with Gasteiger partial charge in [-0.1, -0.05) is 50.7 Å². The first-order chi connectivity index (χ1) is 9.56. The topological polar surface area (TPSA) is 44.7 Å². The van der Waals surface area contributed by atoms with Crippen LogP contribution in [0.25, 0.3) is 0 Å². The van der Waals surface area contributed by atoms with E-state index in [4.69, 9.17) is 0 Å². The first kappa shape index (κ1) is 14.9. The van der Waals surface area contributed by atoms with E-state index >= 15 is 0 Å². The van der Waals surface area contributed by atoms with Gasteiger partial charge in [0.1, 0.15) is 0 Å². The molecule has 4 nitrogen and oxygen atoms in total. The molecular weight excluding hydrogens is 270 g/mol. The second kappa shape index (κ2) is 6.79. The Labute approximate surface area is 124 Å². The van der Waals surface area contributed by atoms with E-state index in [0.717, 1.165) is 17.4 Å². The van der Waals surface area contributed by atoms with Crippen LogP contribution in [-0.4, -0.2) is 34.4 Å². The molecule has 1 heterocycles. The summed E-state index contributed by atoms with van der Waals surface area (Å²) in [7, 11) is 0. The van der Waals surface area contributed by atoms with Crippen molar-refractivity contribution in [3.63, 3.8) is 0 Å². The number of benzene rings is 1. The zero-order chi connectivity index (χ0) is 14.5. The molecular formula is C15H21N3OS. The molecule has 0 fully saturated rings. The number of amidine groups is 1. The highest BCUT2D eigenvalue weighted by atomic mass is 32.2. The number of para-hydroxylation sites is 1. The molecule has 20 heavy (non-hydrogen) atoms. The lowest BCUT2D eigenvalue weighted by Crippen LogP contribution is -2.40. The number of rotatable bonds is 3. The Balaban J connectivity index is 2.08. The molecule has 1 aromatic rings. The third-order valence-corrected chi connectivity index (χ3v) is 3.95. The van der Waals surface area contributed by atoms with Crippen LogP contribution in [0, 0.1) is 5.92 Å². The molecule has 0 saturated heterocycles. The van der Waals surface area contributed by atoms with E-state index in [2.05, 4.69) is 31.1 Å². The van der Waals surface area contributed by atoms with Gasteiger partial charge in [-0.25, -0.2) is 4.79 Å². The van der Waals surface area contributed by atoms with E-state index in [-0.39, 0.29) is 6.03 Å². The Morgan fingerprint density at radius 1 is 1.45 bits per heavy atom. The van der Waals surface area contributed by atoms with Crippen LogP contribution in [0.3, 0.4) is 0 Å². The molecule has 1 aliphatic heterocycles. The standard InChI is InChI=1S/C15H21N3OS/c1-11(2)10-18(15-16-9-12(3)20-15)14(19)17-13-7-5-4-6-8-13/h4-8,11-12H,9-10H2,1-3H3,(H,17,19). The molecule has 1 unspecified atom stereocenters. The maximum Gasteiger partial charge on any atom is 0.327 e. The Morgan fingerprint density at radius 2 is 2.15 bits per heavy atom. The SMILES string of the molecule is CC(C)CN(C(=O)Nc1ccccc1)C1=NCC(C)S1. The van der Waals surface area contributed by atoms with E-state index in [9.17, 15) is 4.79 Å². The number of hydrogen-bond donors (Lipinski definition) is 1. The third-order valence-electron chi connectivity index (χ3n) is 2.84. The first-order valence-electron chi connectivity index (χ1n) is 6.91. The third kappa shape index (κ3) is 4.00. The highest BCUT2D eigenvalue weighted by Gasteiger charge is 2.26. The van der Waals surface area contributed by atoms with Crippen molar-refractivity contribution in [3.8, 4) is 0 Å². The van der Waals surface area contributed by atoms with Crippen molar-refractivity contribution in [2.24, 2.45) is 10.9 Å². The van der Waals surface area contributed by atoms with Gasteiger partial charge in [-0.15, -0.1) is 0 Å². The van der Waals surface area contributed by atoms with Crippen LogP contribution in [-0.2, 0) is 0 Å². The summed E-state index contributed by atoms with van der Waals surface area (Å²) in [6.45, 7) is 7.80. The quantitative estimate of drug-likeness (QED) is 0.923. The van der Waals surface area contributed by atoms with E-state index in [0.29, 0.717) is 17.7 Å². The van der Waals surface area contributed by atoms with Gasteiger partial charge in [-0.3, -0.25) is 9.89 Å². The number of anilines is 1. The summed E-state index contributed by atoms with van der Waals surface area (Å²) < 4.78 is 0. The maximum absolute atomic E-state index is 12.5. The van der Waals surface area contributed by atoms with Crippen molar-refractivity contribution in [2.45, 2.75) is 26.0 Å². The Kier molecular flexibility index (Phi) is 5.06. The number of urea groups is 1. The Morgan fingerprint density at radius 3 is 2.70 bits per heavy atom. The molecule has 0 radical (unpaired) electrons. The molecule has 108 valence electrons. The van der Waals surface area contributed by atoms with Gasteiger partial charge in [-0.2, -0.15) is 0 Å². The average Bonchev–Trinajstić information content (AvgIpc) is 2.83. The van der Waals surface area contributed by atoms with E-state index in [1.165, 1.54) is 0 Å². The highest BCUT2D eigenvalue weighted by molar-refractivity contribution is 8.14. The van der Waals surface area contributed by atoms with Crippen molar-refractivity contribution >= 4 is 28.6 Å². The normalized spacial score (nSPS) is 18.0. The zero-order valence-corrected chi connectivity index (χ0v) is 13.0.